The Kier molecular flexibility index (Phi) is 5.46. The highest BCUT2D eigenvalue weighted by molar-refractivity contribution is 5.78. The molecular weight excluding hydrogens is 366 g/mol. The molecule has 0 aromatic carbocycles. The van der Waals surface area contributed by atoms with Gasteiger partial charge in [-0.3, -0.25) is 9.69 Å². The second-order valence-electron chi connectivity index (χ2n) is 9.43. The van der Waals surface area contributed by atoms with Gasteiger partial charge in [0.05, 0.1) is 6.54 Å². The zero-order valence-corrected chi connectivity index (χ0v) is 18.1. The molecular formula is C21H33N7O. The number of hydrogen-bond donors (Lipinski definition) is 0. The Morgan fingerprint density at radius 1 is 1.07 bits per heavy atom. The first kappa shape index (κ1) is 20.1. The molecule has 0 radical (unpaired) electrons. The van der Waals surface area contributed by atoms with Gasteiger partial charge in [0.25, 0.3) is 0 Å². The molecule has 29 heavy (non-hydrogen) atoms. The van der Waals surface area contributed by atoms with Crippen molar-refractivity contribution in [3.8, 4) is 0 Å². The Bertz CT molecular complexity index is 864. The minimum atomic E-state index is -0.115. The van der Waals surface area contributed by atoms with Gasteiger partial charge < -0.3 is 9.80 Å². The quantitative estimate of drug-likeness (QED) is 0.786. The summed E-state index contributed by atoms with van der Waals surface area (Å²) < 4.78 is 1.86. The number of fused-ring (bicyclic) bond motifs is 1. The SMILES string of the molecule is CC1CCCCN1C(=O)CN1CCN(c2ccc3nnc(C(C)(C)C)n3n2)CC1. The number of nitrogens with zero attached hydrogens (tertiary/aromatic N) is 7. The lowest BCUT2D eigenvalue weighted by Gasteiger charge is -2.38. The van der Waals surface area contributed by atoms with E-state index in [2.05, 4.69) is 52.6 Å². The summed E-state index contributed by atoms with van der Waals surface area (Å²) in [6.45, 7) is 13.5. The second kappa shape index (κ2) is 7.89. The zero-order chi connectivity index (χ0) is 20.6. The van der Waals surface area contributed by atoms with Gasteiger partial charge in [-0.2, -0.15) is 4.52 Å². The van der Waals surface area contributed by atoms with Gasteiger partial charge in [0.2, 0.25) is 5.91 Å². The molecule has 4 heterocycles. The number of rotatable bonds is 3. The number of hydrogen-bond acceptors (Lipinski definition) is 6. The fraction of sp³-hybridized carbons (Fsp3) is 0.714. The first-order chi connectivity index (χ1) is 13.8. The van der Waals surface area contributed by atoms with Gasteiger partial charge in [0, 0.05) is 44.2 Å². The molecule has 4 rings (SSSR count). The number of piperidine rings is 1. The molecule has 8 heteroatoms. The van der Waals surface area contributed by atoms with E-state index in [0.29, 0.717) is 12.6 Å². The highest BCUT2D eigenvalue weighted by atomic mass is 16.2. The largest absolute Gasteiger partial charge is 0.353 e. The number of carbonyl (C=O) groups excluding carboxylic acids is 1. The smallest absolute Gasteiger partial charge is 0.236 e. The maximum absolute atomic E-state index is 12.7. The van der Waals surface area contributed by atoms with E-state index in [1.54, 1.807) is 0 Å². The lowest BCUT2D eigenvalue weighted by Crippen LogP contribution is -2.52. The van der Waals surface area contributed by atoms with Crippen LogP contribution in [0.3, 0.4) is 0 Å². The molecule has 0 bridgehead atoms. The third-order valence-corrected chi connectivity index (χ3v) is 6.10. The van der Waals surface area contributed by atoms with E-state index in [1.165, 1.54) is 6.42 Å². The Morgan fingerprint density at radius 2 is 1.83 bits per heavy atom. The highest BCUT2D eigenvalue weighted by Crippen LogP contribution is 2.22. The summed E-state index contributed by atoms with van der Waals surface area (Å²) in [4.78, 5) is 19.4. The van der Waals surface area contributed by atoms with Gasteiger partial charge in [-0.05, 0) is 38.3 Å². The van der Waals surface area contributed by atoms with Gasteiger partial charge in [-0.1, -0.05) is 20.8 Å². The lowest BCUT2D eigenvalue weighted by molar-refractivity contribution is -0.135. The first-order valence-electron chi connectivity index (χ1n) is 10.8. The van der Waals surface area contributed by atoms with Crippen molar-refractivity contribution >= 4 is 17.4 Å². The van der Waals surface area contributed by atoms with Crippen LogP contribution in [0, 0.1) is 0 Å². The zero-order valence-electron chi connectivity index (χ0n) is 18.1. The summed E-state index contributed by atoms with van der Waals surface area (Å²) in [6.07, 6.45) is 3.51. The van der Waals surface area contributed by atoms with Gasteiger partial charge in [-0.25, -0.2) is 0 Å². The molecule has 2 aromatic heterocycles. The summed E-state index contributed by atoms with van der Waals surface area (Å²) in [5, 5.41) is 13.4. The lowest BCUT2D eigenvalue weighted by atomic mass is 9.96. The van der Waals surface area contributed by atoms with Crippen LogP contribution in [0.15, 0.2) is 12.1 Å². The summed E-state index contributed by atoms with van der Waals surface area (Å²) in [7, 11) is 0. The van der Waals surface area contributed by atoms with Crippen LogP contribution >= 0.6 is 0 Å². The first-order valence-corrected chi connectivity index (χ1v) is 10.8. The van der Waals surface area contributed by atoms with E-state index >= 15 is 0 Å². The topological polar surface area (TPSA) is 69.9 Å². The maximum atomic E-state index is 12.7. The van der Waals surface area contributed by atoms with Gasteiger partial charge >= 0.3 is 0 Å². The Balaban J connectivity index is 1.39. The molecule has 158 valence electrons. The summed E-state index contributed by atoms with van der Waals surface area (Å²) in [6, 6.07) is 4.39. The van der Waals surface area contributed by atoms with Crippen LogP contribution < -0.4 is 4.90 Å². The molecule has 2 aliphatic rings. The monoisotopic (exact) mass is 399 g/mol. The van der Waals surface area contributed by atoms with Crippen LogP contribution in [-0.4, -0.2) is 80.8 Å². The molecule has 2 fully saturated rings. The van der Waals surface area contributed by atoms with Gasteiger partial charge in [0.1, 0.15) is 5.82 Å². The molecule has 2 aromatic rings. The minimum absolute atomic E-state index is 0.115. The summed E-state index contributed by atoms with van der Waals surface area (Å²) >= 11 is 0. The third-order valence-electron chi connectivity index (χ3n) is 6.10. The van der Waals surface area contributed by atoms with E-state index < -0.39 is 0 Å². The molecule has 0 aliphatic carbocycles. The van der Waals surface area contributed by atoms with Crippen LogP contribution in [0.4, 0.5) is 5.82 Å². The van der Waals surface area contributed by atoms with Crippen molar-refractivity contribution in [1.82, 2.24) is 29.6 Å². The summed E-state index contributed by atoms with van der Waals surface area (Å²) in [5.74, 6) is 2.09. The minimum Gasteiger partial charge on any atom is -0.353 e. The molecule has 8 nitrogen and oxygen atoms in total. The number of carbonyl (C=O) groups is 1. The third kappa shape index (κ3) is 4.22. The van der Waals surface area contributed by atoms with Crippen molar-refractivity contribution in [2.24, 2.45) is 0 Å². The van der Waals surface area contributed by atoms with Gasteiger partial charge in [0.15, 0.2) is 11.5 Å². The van der Waals surface area contributed by atoms with E-state index in [4.69, 9.17) is 5.10 Å². The van der Waals surface area contributed by atoms with Crippen LogP contribution in [0.1, 0.15) is 52.8 Å². The highest BCUT2D eigenvalue weighted by Gasteiger charge is 2.27. The average Bonchev–Trinajstić information content (AvgIpc) is 3.12. The molecule has 2 aliphatic heterocycles. The van der Waals surface area contributed by atoms with Crippen molar-refractivity contribution in [3.05, 3.63) is 18.0 Å². The van der Waals surface area contributed by atoms with Crippen LogP contribution in [0.25, 0.3) is 5.65 Å². The molecule has 1 amide bonds. The number of anilines is 1. The Morgan fingerprint density at radius 3 is 2.52 bits per heavy atom. The van der Waals surface area contributed by atoms with E-state index in [1.807, 2.05) is 16.6 Å². The number of amides is 1. The van der Waals surface area contributed by atoms with Crippen LogP contribution in [-0.2, 0) is 10.2 Å². The molecule has 0 saturated carbocycles. The second-order valence-corrected chi connectivity index (χ2v) is 9.43. The van der Waals surface area contributed by atoms with Crippen molar-refractivity contribution in [2.45, 2.75) is 58.4 Å². The molecule has 1 atom stereocenters. The maximum Gasteiger partial charge on any atom is 0.236 e. The predicted octanol–water partition coefficient (Wildman–Crippen LogP) is 1.94. The average molecular weight is 400 g/mol. The molecule has 0 N–H and O–H groups in total. The van der Waals surface area contributed by atoms with Crippen LogP contribution in [0.5, 0.6) is 0 Å². The van der Waals surface area contributed by atoms with Crippen molar-refractivity contribution in [1.29, 1.82) is 0 Å². The van der Waals surface area contributed by atoms with Gasteiger partial charge in [-0.15, -0.1) is 15.3 Å². The molecule has 0 spiro atoms. The van der Waals surface area contributed by atoms with E-state index in [0.717, 1.165) is 62.9 Å². The number of aromatic nitrogens is 4. The number of piperazine rings is 1. The van der Waals surface area contributed by atoms with Crippen molar-refractivity contribution in [2.75, 3.05) is 44.2 Å². The Hall–Kier alpha value is -2.22. The molecule has 2 saturated heterocycles. The van der Waals surface area contributed by atoms with Crippen LogP contribution in [0.2, 0.25) is 0 Å². The standard InChI is InChI=1S/C21H33N7O/c1-16-7-5-6-10-27(16)19(29)15-25-11-13-26(14-12-25)18-9-8-17-22-23-20(21(2,3)4)28(17)24-18/h8-9,16H,5-7,10-15H2,1-4H3. The predicted molar refractivity (Wildman–Crippen MR) is 113 cm³/mol. The Labute approximate surface area is 172 Å². The normalized spacial score (nSPS) is 21.7. The fourth-order valence-electron chi connectivity index (χ4n) is 4.30. The molecule has 1 unspecified atom stereocenters. The van der Waals surface area contributed by atoms with E-state index in [9.17, 15) is 4.79 Å². The summed E-state index contributed by atoms with van der Waals surface area (Å²) in [5.41, 5.74) is 0.661. The fourth-order valence-corrected chi connectivity index (χ4v) is 4.30. The number of likely N-dealkylation sites (tertiary alicyclic amines) is 1. The van der Waals surface area contributed by atoms with E-state index in [-0.39, 0.29) is 11.3 Å². The van der Waals surface area contributed by atoms with Crippen molar-refractivity contribution in [3.63, 3.8) is 0 Å². The van der Waals surface area contributed by atoms with Crippen molar-refractivity contribution < 1.29 is 4.79 Å².